The predicted octanol–water partition coefficient (Wildman–Crippen LogP) is 2.10. The van der Waals surface area contributed by atoms with E-state index in [1.165, 1.54) is 0 Å². The number of rotatable bonds is 3. The van der Waals surface area contributed by atoms with E-state index in [2.05, 4.69) is 0 Å². The number of aldehydes is 1. The lowest BCUT2D eigenvalue weighted by atomic mass is 10.1. The summed E-state index contributed by atoms with van der Waals surface area (Å²) in [5.41, 5.74) is 5.29. The van der Waals surface area contributed by atoms with Crippen LogP contribution in [0.5, 0.6) is 0 Å². The summed E-state index contributed by atoms with van der Waals surface area (Å²) in [6.45, 7) is 0. The minimum Gasteiger partial charge on any atom is -0.318 e. The number of nitro benzene ring substituents is 1. The van der Waals surface area contributed by atoms with Gasteiger partial charge in [-0.2, -0.15) is 0 Å². The van der Waals surface area contributed by atoms with E-state index in [-0.39, 0.29) is 21.3 Å². The largest absolute Gasteiger partial charge is 0.318 e. The summed E-state index contributed by atoms with van der Waals surface area (Å²) in [7, 11) is 0. The van der Waals surface area contributed by atoms with E-state index < -0.39 is 11.0 Å². The van der Waals surface area contributed by atoms with Crippen molar-refractivity contribution in [2.75, 3.05) is 0 Å². The fraction of sp³-hybridized carbons (Fsp3) is 0.125. The molecule has 0 bridgehead atoms. The van der Waals surface area contributed by atoms with Crippen molar-refractivity contribution in [3.8, 4) is 0 Å². The summed E-state index contributed by atoms with van der Waals surface area (Å²) in [4.78, 5) is 20.3. The third-order valence-electron chi connectivity index (χ3n) is 1.76. The van der Waals surface area contributed by atoms with Gasteiger partial charge in [0.2, 0.25) is 0 Å². The first-order valence-electron chi connectivity index (χ1n) is 3.81. The molecule has 0 aliphatic heterocycles. The van der Waals surface area contributed by atoms with Gasteiger partial charge in [0.25, 0.3) is 5.69 Å². The van der Waals surface area contributed by atoms with Crippen LogP contribution >= 0.6 is 23.2 Å². The van der Waals surface area contributed by atoms with Gasteiger partial charge in [-0.3, -0.25) is 10.1 Å². The molecular weight excluding hydrogens is 243 g/mol. The third kappa shape index (κ3) is 2.44. The molecule has 1 unspecified atom stereocenters. The Labute approximate surface area is 94.9 Å². The lowest BCUT2D eigenvalue weighted by molar-refractivity contribution is -0.384. The van der Waals surface area contributed by atoms with Crippen molar-refractivity contribution in [2.45, 2.75) is 6.04 Å². The Bertz CT molecular complexity index is 423. The molecule has 2 N–H and O–H groups in total. The van der Waals surface area contributed by atoms with Gasteiger partial charge in [0.1, 0.15) is 6.29 Å². The van der Waals surface area contributed by atoms with Crippen molar-refractivity contribution in [1.29, 1.82) is 0 Å². The standard InChI is InChI=1S/C8H6Cl2N2O3/c9-6-2-4(12(14)15)1-5(8(6)10)7(11)3-13/h1-3,7H,11H2. The molecule has 0 radical (unpaired) electrons. The summed E-state index contributed by atoms with van der Waals surface area (Å²) in [5.74, 6) is 0. The molecule has 0 aromatic heterocycles. The first-order chi connectivity index (χ1) is 6.97. The van der Waals surface area contributed by atoms with Gasteiger partial charge < -0.3 is 10.5 Å². The second-order valence-corrected chi connectivity index (χ2v) is 3.53. The van der Waals surface area contributed by atoms with E-state index >= 15 is 0 Å². The molecule has 1 aromatic rings. The van der Waals surface area contributed by atoms with Crippen molar-refractivity contribution in [3.63, 3.8) is 0 Å². The Kier molecular flexibility index (Phi) is 3.62. The zero-order valence-electron chi connectivity index (χ0n) is 7.31. The zero-order chi connectivity index (χ0) is 11.6. The second kappa shape index (κ2) is 4.57. The Morgan fingerprint density at radius 2 is 2.07 bits per heavy atom. The zero-order valence-corrected chi connectivity index (χ0v) is 8.83. The van der Waals surface area contributed by atoms with Crippen LogP contribution in [0.1, 0.15) is 11.6 Å². The molecule has 0 fully saturated rings. The van der Waals surface area contributed by atoms with Crippen molar-refractivity contribution in [3.05, 3.63) is 37.9 Å². The highest BCUT2D eigenvalue weighted by molar-refractivity contribution is 6.42. The van der Waals surface area contributed by atoms with Gasteiger partial charge in [0.15, 0.2) is 0 Å². The lowest BCUT2D eigenvalue weighted by Gasteiger charge is -2.07. The maximum absolute atomic E-state index is 10.5. The van der Waals surface area contributed by atoms with Gasteiger partial charge in [-0.15, -0.1) is 0 Å². The molecule has 0 spiro atoms. The van der Waals surface area contributed by atoms with E-state index in [4.69, 9.17) is 28.9 Å². The minimum absolute atomic E-state index is 0.00170. The number of hydrogen-bond donors (Lipinski definition) is 1. The summed E-state index contributed by atoms with van der Waals surface area (Å²) in [6, 6.07) is 1.22. The highest BCUT2D eigenvalue weighted by Crippen LogP contribution is 2.33. The van der Waals surface area contributed by atoms with E-state index in [1.807, 2.05) is 0 Å². The van der Waals surface area contributed by atoms with Crippen molar-refractivity contribution in [2.24, 2.45) is 5.73 Å². The van der Waals surface area contributed by atoms with Crippen molar-refractivity contribution in [1.82, 2.24) is 0 Å². The molecule has 1 aromatic carbocycles. The average molecular weight is 249 g/mol. The molecule has 0 aliphatic rings. The van der Waals surface area contributed by atoms with E-state index in [0.717, 1.165) is 12.1 Å². The maximum Gasteiger partial charge on any atom is 0.271 e. The predicted molar refractivity (Wildman–Crippen MR) is 56.1 cm³/mol. The van der Waals surface area contributed by atoms with E-state index in [0.29, 0.717) is 6.29 Å². The van der Waals surface area contributed by atoms with Crippen LogP contribution in [0.25, 0.3) is 0 Å². The first kappa shape index (κ1) is 11.9. The van der Waals surface area contributed by atoms with Crippen LogP contribution in [-0.4, -0.2) is 11.2 Å². The Morgan fingerprint density at radius 1 is 1.47 bits per heavy atom. The van der Waals surface area contributed by atoms with Crippen LogP contribution in [0.2, 0.25) is 10.0 Å². The molecule has 5 nitrogen and oxygen atoms in total. The number of benzene rings is 1. The molecular formula is C8H6Cl2N2O3. The van der Waals surface area contributed by atoms with Crippen LogP contribution in [0.4, 0.5) is 5.69 Å². The van der Waals surface area contributed by atoms with Gasteiger partial charge in [-0.05, 0) is 0 Å². The topological polar surface area (TPSA) is 86.2 Å². The highest BCUT2D eigenvalue weighted by atomic mass is 35.5. The van der Waals surface area contributed by atoms with E-state index in [1.54, 1.807) is 0 Å². The monoisotopic (exact) mass is 248 g/mol. The van der Waals surface area contributed by atoms with Crippen LogP contribution < -0.4 is 5.73 Å². The molecule has 0 aliphatic carbocycles. The van der Waals surface area contributed by atoms with Crippen LogP contribution in [0.15, 0.2) is 12.1 Å². The fourth-order valence-electron chi connectivity index (χ4n) is 1.02. The SMILES string of the molecule is NC(C=O)c1cc([N+](=O)[O-])cc(Cl)c1Cl. The molecule has 15 heavy (non-hydrogen) atoms. The molecule has 0 saturated heterocycles. The number of carbonyl (C=O) groups excluding carboxylic acids is 1. The van der Waals surface area contributed by atoms with Gasteiger partial charge >= 0.3 is 0 Å². The summed E-state index contributed by atoms with van der Waals surface area (Å²) < 4.78 is 0. The summed E-state index contributed by atoms with van der Waals surface area (Å²) >= 11 is 11.4. The number of nitrogens with zero attached hydrogens (tertiary/aromatic N) is 1. The molecule has 1 rings (SSSR count). The number of nitrogens with two attached hydrogens (primary N) is 1. The average Bonchev–Trinajstić information content (AvgIpc) is 2.20. The van der Waals surface area contributed by atoms with Crippen LogP contribution in [-0.2, 0) is 4.79 Å². The van der Waals surface area contributed by atoms with Gasteiger partial charge in [0, 0.05) is 17.7 Å². The fourth-order valence-corrected chi connectivity index (χ4v) is 1.47. The Morgan fingerprint density at radius 3 is 2.53 bits per heavy atom. The molecule has 7 heteroatoms. The summed E-state index contributed by atoms with van der Waals surface area (Å²) in [6.07, 6.45) is 0.432. The quantitative estimate of drug-likeness (QED) is 0.504. The van der Waals surface area contributed by atoms with Crippen molar-refractivity contribution >= 4 is 35.2 Å². The molecule has 0 saturated carbocycles. The highest BCUT2D eigenvalue weighted by Gasteiger charge is 2.18. The lowest BCUT2D eigenvalue weighted by Crippen LogP contribution is -2.12. The smallest absolute Gasteiger partial charge is 0.271 e. The molecule has 0 amide bonds. The number of hydrogen-bond acceptors (Lipinski definition) is 4. The number of nitro groups is 1. The molecule has 0 heterocycles. The van der Waals surface area contributed by atoms with Crippen molar-refractivity contribution < 1.29 is 9.72 Å². The number of non-ortho nitro benzene ring substituents is 1. The van der Waals surface area contributed by atoms with Crippen LogP contribution in [0, 0.1) is 10.1 Å². The Balaban J connectivity index is 3.37. The van der Waals surface area contributed by atoms with Gasteiger partial charge in [0.05, 0.1) is 21.0 Å². The van der Waals surface area contributed by atoms with Gasteiger partial charge in [-0.1, -0.05) is 23.2 Å². The first-order valence-corrected chi connectivity index (χ1v) is 4.57. The third-order valence-corrected chi connectivity index (χ3v) is 2.57. The normalized spacial score (nSPS) is 12.2. The van der Waals surface area contributed by atoms with Gasteiger partial charge in [-0.25, -0.2) is 0 Å². The van der Waals surface area contributed by atoms with Crippen LogP contribution in [0.3, 0.4) is 0 Å². The minimum atomic E-state index is -1.02. The number of carbonyl (C=O) groups is 1. The second-order valence-electron chi connectivity index (χ2n) is 2.75. The Hall–Kier alpha value is -1.17. The maximum atomic E-state index is 10.5. The summed E-state index contributed by atoms with van der Waals surface area (Å²) in [5, 5.41) is 10.6. The molecule has 1 atom stereocenters. The number of halogens is 2. The van der Waals surface area contributed by atoms with E-state index in [9.17, 15) is 14.9 Å². The molecule has 80 valence electrons.